The van der Waals surface area contributed by atoms with Gasteiger partial charge in [-0.15, -0.1) is 0 Å². The van der Waals surface area contributed by atoms with Crippen molar-refractivity contribution in [2.45, 2.75) is 23.5 Å². The van der Waals surface area contributed by atoms with Crippen LogP contribution >= 0.6 is 0 Å². The Morgan fingerprint density at radius 1 is 0.824 bits per heavy atom. The molecule has 0 aromatic carbocycles. The van der Waals surface area contributed by atoms with E-state index < -0.39 is 20.2 Å². The van der Waals surface area contributed by atoms with E-state index in [1.165, 1.54) is 0 Å². The van der Waals surface area contributed by atoms with Gasteiger partial charge in [-0.05, 0) is 0 Å². The average molecular weight is 353 g/mol. The molecule has 0 radical (unpaired) electrons. The van der Waals surface area contributed by atoms with Gasteiger partial charge in [-0.25, -0.2) is 0 Å². The van der Waals surface area contributed by atoms with Crippen LogP contribution in [0.25, 0.3) is 0 Å². The molecule has 6 nitrogen and oxygen atoms in total. The zero-order valence-electron chi connectivity index (χ0n) is 9.92. The predicted molar refractivity (Wildman–Crippen MR) is 66.2 cm³/mol. The van der Waals surface area contributed by atoms with E-state index >= 15 is 0 Å². The van der Waals surface area contributed by atoms with Crippen LogP contribution in [0.1, 0.15) is 12.8 Å². The zero-order valence-corrected chi connectivity index (χ0v) is 13.3. The summed E-state index contributed by atoms with van der Waals surface area (Å²) in [5, 5.41) is 1.84. The molecule has 0 bridgehead atoms. The maximum atomic E-state index is 10.6. The molecule has 0 N–H and O–H groups in total. The van der Waals surface area contributed by atoms with Gasteiger partial charge in [-0.1, -0.05) is 0 Å². The van der Waals surface area contributed by atoms with Gasteiger partial charge in [0.05, 0.1) is 0 Å². The molecule has 0 fully saturated rings. The van der Waals surface area contributed by atoms with Crippen molar-refractivity contribution < 1.29 is 25.2 Å². The Balaban J connectivity index is 3.25. The molecule has 0 atom stereocenters. The van der Waals surface area contributed by atoms with Crippen LogP contribution in [-0.4, -0.2) is 57.5 Å². The quantitative estimate of drug-likeness (QED) is 0.318. The van der Waals surface area contributed by atoms with Crippen molar-refractivity contribution in [1.82, 2.24) is 0 Å². The fourth-order valence-electron chi connectivity index (χ4n) is 0.845. The van der Waals surface area contributed by atoms with Crippen molar-refractivity contribution in [2.75, 3.05) is 25.7 Å². The van der Waals surface area contributed by atoms with E-state index in [1.54, 1.807) is 0 Å². The fourth-order valence-corrected chi connectivity index (χ4v) is 3.47. The molecule has 104 valence electrons. The third-order valence-corrected chi connectivity index (χ3v) is 5.07. The van der Waals surface area contributed by atoms with Gasteiger partial charge in [0, 0.05) is 0 Å². The Morgan fingerprint density at radius 2 is 1.18 bits per heavy atom. The van der Waals surface area contributed by atoms with E-state index in [9.17, 15) is 16.8 Å². The summed E-state index contributed by atoms with van der Waals surface area (Å²) in [5.74, 6) is 0. The molecule has 17 heavy (non-hydrogen) atoms. The molecule has 9 heteroatoms. The van der Waals surface area contributed by atoms with Gasteiger partial charge < -0.3 is 0 Å². The maximum absolute atomic E-state index is 10.6. The second kappa shape index (κ2) is 8.44. The Labute approximate surface area is 109 Å². The molecule has 0 aromatic rings. The summed E-state index contributed by atoms with van der Waals surface area (Å²) in [6, 6.07) is 0. The molecule has 0 unspecified atom stereocenters. The van der Waals surface area contributed by atoms with Crippen molar-refractivity contribution in [3.8, 4) is 0 Å². The minimum atomic E-state index is -3.32. The van der Waals surface area contributed by atoms with Gasteiger partial charge in [0.2, 0.25) is 0 Å². The van der Waals surface area contributed by atoms with E-state index in [-0.39, 0.29) is 13.2 Å². The molecule has 0 spiro atoms. The first-order valence-corrected chi connectivity index (χ1v) is 11.0. The first-order chi connectivity index (χ1) is 7.71. The number of hydrogen-bond donors (Lipinski definition) is 0. The van der Waals surface area contributed by atoms with Crippen LogP contribution in [0.5, 0.6) is 0 Å². The van der Waals surface area contributed by atoms with E-state index in [2.05, 4.69) is 8.37 Å². The van der Waals surface area contributed by atoms with Crippen molar-refractivity contribution >= 4 is 35.2 Å². The standard InChI is InChI=1S/C8H18O6S2Se/c1-15(9,10)13-5-3-7-17-8-4-6-14-16(2,11)12/h3-8H2,1-2H3. The van der Waals surface area contributed by atoms with E-state index in [1.807, 2.05) is 0 Å². The van der Waals surface area contributed by atoms with E-state index in [4.69, 9.17) is 0 Å². The molecule has 0 heterocycles. The Kier molecular flexibility index (Phi) is 8.61. The second-order valence-electron chi connectivity index (χ2n) is 3.37. The Morgan fingerprint density at radius 3 is 1.47 bits per heavy atom. The molecule has 0 saturated heterocycles. The van der Waals surface area contributed by atoms with Crippen molar-refractivity contribution in [3.05, 3.63) is 0 Å². The molecule has 0 aliphatic heterocycles. The Hall–Kier alpha value is 0.339. The molecule has 0 amide bonds. The summed E-state index contributed by atoms with van der Waals surface area (Å²) in [5.41, 5.74) is 0. The normalized spacial score (nSPS) is 12.8. The summed E-state index contributed by atoms with van der Waals surface area (Å²) in [7, 11) is -6.64. The Bertz CT molecular complexity index is 350. The van der Waals surface area contributed by atoms with E-state index in [0.717, 1.165) is 23.2 Å². The van der Waals surface area contributed by atoms with Crippen LogP contribution in [0.3, 0.4) is 0 Å². The SMILES string of the molecule is CS(=O)(=O)OCCC[Se]CCCOS(C)(=O)=O. The summed E-state index contributed by atoms with van der Waals surface area (Å²) < 4.78 is 51.6. The van der Waals surface area contributed by atoms with Crippen LogP contribution in [-0.2, 0) is 28.6 Å². The molecule has 0 aliphatic rings. The molecular weight excluding hydrogens is 335 g/mol. The summed E-state index contributed by atoms with van der Waals surface area (Å²) >= 11 is 0.377. The van der Waals surface area contributed by atoms with Crippen LogP contribution in [0, 0.1) is 0 Å². The molecule has 0 saturated carbocycles. The van der Waals surface area contributed by atoms with Crippen LogP contribution in [0.4, 0.5) is 0 Å². The molecule has 0 aromatic heterocycles. The van der Waals surface area contributed by atoms with Crippen LogP contribution in [0.15, 0.2) is 0 Å². The predicted octanol–water partition coefficient (Wildman–Crippen LogP) is 0.260. The van der Waals surface area contributed by atoms with Gasteiger partial charge >= 0.3 is 110 Å². The van der Waals surface area contributed by atoms with Crippen molar-refractivity contribution in [2.24, 2.45) is 0 Å². The summed E-state index contributed by atoms with van der Waals surface area (Å²) in [6.07, 6.45) is 3.47. The number of hydrogen-bond acceptors (Lipinski definition) is 6. The van der Waals surface area contributed by atoms with Gasteiger partial charge in [0.25, 0.3) is 0 Å². The fraction of sp³-hybridized carbons (Fsp3) is 1.00. The third-order valence-electron chi connectivity index (χ3n) is 1.46. The summed E-state index contributed by atoms with van der Waals surface area (Å²) in [6.45, 7) is 0.445. The topological polar surface area (TPSA) is 86.7 Å². The van der Waals surface area contributed by atoms with Crippen molar-refractivity contribution in [3.63, 3.8) is 0 Å². The van der Waals surface area contributed by atoms with Crippen LogP contribution in [0.2, 0.25) is 10.6 Å². The van der Waals surface area contributed by atoms with Gasteiger partial charge in [0.15, 0.2) is 0 Å². The zero-order chi connectivity index (χ0) is 13.4. The minimum absolute atomic E-state index is 0.223. The monoisotopic (exact) mass is 354 g/mol. The molecule has 0 aliphatic carbocycles. The average Bonchev–Trinajstić information content (AvgIpc) is 2.11. The van der Waals surface area contributed by atoms with Gasteiger partial charge in [-0.2, -0.15) is 0 Å². The molecular formula is C8H18O6S2Se. The van der Waals surface area contributed by atoms with Gasteiger partial charge in [-0.3, -0.25) is 0 Å². The summed E-state index contributed by atoms with van der Waals surface area (Å²) in [4.78, 5) is 0. The number of rotatable bonds is 10. The van der Waals surface area contributed by atoms with E-state index in [0.29, 0.717) is 27.8 Å². The van der Waals surface area contributed by atoms with Crippen molar-refractivity contribution in [1.29, 1.82) is 0 Å². The first kappa shape index (κ1) is 17.3. The first-order valence-electron chi connectivity index (χ1n) is 4.97. The second-order valence-corrected chi connectivity index (χ2v) is 9.23. The third kappa shape index (κ3) is 16.3. The van der Waals surface area contributed by atoms with Crippen LogP contribution < -0.4 is 0 Å². The van der Waals surface area contributed by atoms with Gasteiger partial charge in [0.1, 0.15) is 0 Å². The molecule has 0 rings (SSSR count).